The van der Waals surface area contributed by atoms with Gasteiger partial charge >= 0.3 is 0 Å². The molecule has 4 heterocycles. The molecule has 26 heavy (non-hydrogen) atoms. The Morgan fingerprint density at radius 1 is 0.423 bits per heavy atom. The Hall–Kier alpha value is 2.80. The Labute approximate surface area is 199 Å². The van der Waals surface area contributed by atoms with Crippen molar-refractivity contribution in [2.75, 3.05) is 0 Å². The van der Waals surface area contributed by atoms with Crippen LogP contribution in [-0.2, 0) is 0 Å². The van der Waals surface area contributed by atoms with Crippen molar-refractivity contribution in [2.24, 2.45) is 0 Å². The second kappa shape index (κ2) is 7.16. The van der Waals surface area contributed by atoms with Crippen molar-refractivity contribution >= 4 is 157 Å². The van der Waals surface area contributed by atoms with E-state index in [-0.39, 0.29) is 18.2 Å². The maximum Gasteiger partial charge on any atom is 0.112 e. The molecule has 0 unspecified atom stereocenters. The maximum absolute atomic E-state index is 2.41. The lowest BCUT2D eigenvalue weighted by molar-refractivity contribution is 1.13. The van der Waals surface area contributed by atoms with E-state index in [1.165, 1.54) is 0 Å². The highest BCUT2D eigenvalue weighted by Crippen LogP contribution is 2.71. The van der Waals surface area contributed by atoms with Crippen molar-refractivity contribution in [3.8, 4) is 0 Å². The van der Waals surface area contributed by atoms with Crippen molar-refractivity contribution in [3.05, 3.63) is 16.9 Å². The van der Waals surface area contributed by atoms with Gasteiger partial charge in [0.25, 0.3) is 0 Å². The van der Waals surface area contributed by atoms with Gasteiger partial charge in [-0.2, -0.15) is 0 Å². The fourth-order valence-electron chi connectivity index (χ4n) is 2.57. The fraction of sp³-hybridized carbons (Fsp3) is 0.600. The molecule has 16 heteroatoms. The molecule has 4 aliphatic heterocycles. The molecular formula is C10H18B8S8. The molecule has 4 aliphatic rings. The summed E-state index contributed by atoms with van der Waals surface area (Å²) in [6.45, 7) is 0. The summed E-state index contributed by atoms with van der Waals surface area (Å²) in [5.74, 6) is 0. The molecule has 0 bridgehead atoms. The predicted octanol–water partition coefficient (Wildman–Crippen LogP) is -2.51. The van der Waals surface area contributed by atoms with E-state index in [9.17, 15) is 0 Å². The van der Waals surface area contributed by atoms with Crippen LogP contribution in [0.1, 0.15) is 0 Å². The van der Waals surface area contributed by atoms with Crippen LogP contribution in [0.2, 0.25) is 0 Å². The first-order chi connectivity index (χ1) is 11.8. The summed E-state index contributed by atoms with van der Waals surface area (Å²) in [6, 6.07) is 0. The van der Waals surface area contributed by atoms with Gasteiger partial charge in [0, 0.05) is 0 Å². The average Bonchev–Trinajstić information content (AvgIpc) is 3.01. The molecular weight excluding hydrogens is 463 g/mol. The molecule has 0 amide bonds. The lowest BCUT2D eigenvalue weighted by atomic mass is 9.47. The van der Waals surface area contributed by atoms with Crippen LogP contribution < -0.4 is 0 Å². The van der Waals surface area contributed by atoms with Crippen molar-refractivity contribution in [2.45, 2.75) is 27.3 Å². The molecule has 0 aromatic carbocycles. The van der Waals surface area contributed by atoms with E-state index in [1.54, 1.807) is 16.9 Å². The van der Waals surface area contributed by atoms with Crippen molar-refractivity contribution in [1.29, 1.82) is 0 Å². The smallest absolute Gasteiger partial charge is 0.112 e. The van der Waals surface area contributed by atoms with Gasteiger partial charge in [-0.15, -0.1) is 94.1 Å². The fourth-order valence-corrected chi connectivity index (χ4v) is 18.2. The van der Waals surface area contributed by atoms with Crippen molar-refractivity contribution in [1.82, 2.24) is 0 Å². The Morgan fingerprint density at radius 2 is 0.615 bits per heavy atom. The molecule has 130 valence electrons. The van der Waals surface area contributed by atoms with E-state index in [0.29, 0.717) is 9.16 Å². The first-order valence-electron chi connectivity index (χ1n) is 8.73. The molecule has 0 spiro atoms. The zero-order valence-electron chi connectivity index (χ0n) is 16.4. The quantitative estimate of drug-likeness (QED) is 0.373. The lowest BCUT2D eigenvalue weighted by Crippen LogP contribution is -2.52. The minimum atomic E-state index is 0.284. The monoisotopic (exact) mass is 482 g/mol. The van der Waals surface area contributed by atoms with Crippen molar-refractivity contribution in [3.63, 3.8) is 0 Å². The Morgan fingerprint density at radius 3 is 0.808 bits per heavy atom. The van der Waals surface area contributed by atoms with Crippen LogP contribution >= 0.6 is 94.1 Å². The summed E-state index contributed by atoms with van der Waals surface area (Å²) in [5.41, 5.74) is 0. The number of rotatable bonds is 1. The third-order valence-corrected chi connectivity index (χ3v) is 20.4. The highest BCUT2D eigenvalue weighted by molar-refractivity contribution is 8.44. The van der Waals surface area contributed by atoms with Crippen LogP contribution in [0.4, 0.5) is 0 Å². The average molecular weight is 481 g/mol. The highest BCUT2D eigenvalue weighted by Gasteiger charge is 2.51. The van der Waals surface area contributed by atoms with E-state index in [4.69, 9.17) is 0 Å². The molecule has 0 atom stereocenters. The van der Waals surface area contributed by atoms with E-state index < -0.39 is 0 Å². The van der Waals surface area contributed by atoms with Gasteiger partial charge in [-0.25, -0.2) is 0 Å². The third-order valence-electron chi connectivity index (χ3n) is 5.74. The zero-order chi connectivity index (χ0) is 19.1. The van der Waals surface area contributed by atoms with E-state index in [2.05, 4.69) is 157 Å². The molecule has 0 nitrogen and oxygen atoms in total. The predicted molar refractivity (Wildman–Crippen MR) is 162 cm³/mol. The Bertz CT molecular complexity index is 602. The third kappa shape index (κ3) is 3.77. The first kappa shape index (κ1) is 22.0. The summed E-state index contributed by atoms with van der Waals surface area (Å²) >= 11 is 17.0. The van der Waals surface area contributed by atoms with Crippen LogP contribution in [0.5, 0.6) is 0 Å². The number of hydrogen-bond acceptors (Lipinski definition) is 8. The Balaban J connectivity index is 1.46. The first-order valence-corrected chi connectivity index (χ1v) is 15.5. The summed E-state index contributed by atoms with van der Waals surface area (Å²) < 4.78 is 8.75. The topological polar surface area (TPSA) is 0 Å². The molecule has 0 aliphatic carbocycles. The van der Waals surface area contributed by atoms with Gasteiger partial charge in [0.2, 0.25) is 0 Å². The van der Waals surface area contributed by atoms with E-state index >= 15 is 0 Å². The number of thioether (sulfide) groups is 8. The van der Waals surface area contributed by atoms with Crippen LogP contribution in [0.25, 0.3) is 0 Å². The molecule has 0 radical (unpaired) electrons. The van der Waals surface area contributed by atoms with Crippen LogP contribution in [0, 0.1) is 0 Å². The van der Waals surface area contributed by atoms with Gasteiger partial charge in [0.15, 0.2) is 0 Å². The van der Waals surface area contributed by atoms with Gasteiger partial charge < -0.3 is 0 Å². The van der Waals surface area contributed by atoms with Gasteiger partial charge in [-0.3, -0.25) is 0 Å². The molecule has 0 fully saturated rings. The molecule has 0 aromatic rings. The zero-order valence-corrected chi connectivity index (χ0v) is 23.0. The van der Waals surface area contributed by atoms with Gasteiger partial charge in [-0.05, 0) is 18.2 Å². The van der Waals surface area contributed by atoms with Gasteiger partial charge in [0.1, 0.15) is 62.8 Å². The highest BCUT2D eigenvalue weighted by atomic mass is 32.3. The van der Waals surface area contributed by atoms with E-state index in [0.717, 1.165) is 0 Å². The van der Waals surface area contributed by atoms with Crippen molar-refractivity contribution < 1.29 is 0 Å². The van der Waals surface area contributed by atoms with Gasteiger partial charge in [-0.1, -0.05) is 0 Å². The molecule has 0 saturated heterocycles. The standard InChI is InChI=1S/C10H18B8S8/c11-7(12)8(13,14)24-4-3(23-7)19-1(20-4)2-21-5-6(22-2)26-10(17,18)9(15,16)25-5/h1-2H,11-18H2. The Kier molecular flexibility index (Phi) is 6.06. The second-order valence-corrected chi connectivity index (χ2v) is 21.6. The van der Waals surface area contributed by atoms with Gasteiger partial charge in [0.05, 0.1) is 26.1 Å². The minimum Gasteiger partial charge on any atom is -0.128 e. The minimum absolute atomic E-state index is 0.284. The largest absolute Gasteiger partial charge is 0.128 e. The maximum atomic E-state index is 2.41. The summed E-state index contributed by atoms with van der Waals surface area (Å²) in [6.07, 6.45) is 0. The second-order valence-electron chi connectivity index (χ2n) is 8.81. The summed E-state index contributed by atoms with van der Waals surface area (Å²) in [5, 5.41) is 0. The lowest BCUT2D eigenvalue weighted by Gasteiger charge is -2.45. The normalized spacial score (nSPS) is 32.5. The molecule has 0 aromatic heterocycles. The molecule has 4 rings (SSSR count). The van der Waals surface area contributed by atoms with Crippen LogP contribution in [0.3, 0.4) is 0 Å². The summed E-state index contributed by atoms with van der Waals surface area (Å²) in [4.78, 5) is 0. The number of hydrogen-bond donors (Lipinski definition) is 0. The summed E-state index contributed by atoms with van der Waals surface area (Å²) in [7, 11) is 19.3. The SMILES string of the molecule is BC1(B)SC2=C(SC(C3SC4=C(S3)SC(B)(B)C(B)(B)S4)S2)SC1(B)B. The van der Waals surface area contributed by atoms with Crippen LogP contribution in [-0.4, -0.2) is 90.1 Å². The molecule has 0 saturated carbocycles. The van der Waals surface area contributed by atoms with E-state index in [1.807, 2.05) is 0 Å². The van der Waals surface area contributed by atoms with Crippen LogP contribution in [0.15, 0.2) is 16.9 Å². The molecule has 0 N–H and O–H groups in total.